The Balaban J connectivity index is 2.25. The van der Waals surface area contributed by atoms with Crippen LogP contribution in [0.4, 0.5) is 0 Å². The molecule has 88 valence electrons. The number of ether oxygens (including phenoxy) is 1. The molecule has 0 radical (unpaired) electrons. The van der Waals surface area contributed by atoms with Crippen molar-refractivity contribution < 1.29 is 14.9 Å². The van der Waals surface area contributed by atoms with Crippen molar-refractivity contribution in [1.82, 2.24) is 0 Å². The average Bonchev–Trinajstić information content (AvgIpc) is 2.29. The van der Waals surface area contributed by atoms with E-state index in [0.717, 1.165) is 0 Å². The molecule has 0 heterocycles. The first-order chi connectivity index (χ1) is 8.06. The van der Waals surface area contributed by atoms with Crippen LogP contribution in [0, 0.1) is 0 Å². The highest BCUT2D eigenvalue weighted by molar-refractivity contribution is 6.32. The third-order valence-corrected chi connectivity index (χ3v) is 2.69. The van der Waals surface area contributed by atoms with Crippen LogP contribution in [-0.2, 0) is 0 Å². The Kier molecular flexibility index (Phi) is 3.31. The van der Waals surface area contributed by atoms with Gasteiger partial charge >= 0.3 is 0 Å². The van der Waals surface area contributed by atoms with Crippen LogP contribution in [-0.4, -0.2) is 10.2 Å². The molecule has 2 rings (SSSR count). The zero-order valence-corrected chi connectivity index (χ0v) is 10.0. The minimum atomic E-state index is -0.0611. The van der Waals surface area contributed by atoms with Gasteiger partial charge in [-0.05, 0) is 24.3 Å². The van der Waals surface area contributed by atoms with Crippen LogP contribution in [0.2, 0.25) is 10.0 Å². The molecular weight excluding hydrogens is 263 g/mol. The van der Waals surface area contributed by atoms with Gasteiger partial charge in [-0.15, -0.1) is 0 Å². The van der Waals surface area contributed by atoms with Gasteiger partial charge in [-0.3, -0.25) is 0 Å². The average molecular weight is 271 g/mol. The second kappa shape index (κ2) is 4.73. The van der Waals surface area contributed by atoms with Crippen LogP contribution in [0.3, 0.4) is 0 Å². The summed E-state index contributed by atoms with van der Waals surface area (Å²) in [6.07, 6.45) is 0. The van der Waals surface area contributed by atoms with Crippen LogP contribution in [0.25, 0.3) is 0 Å². The molecule has 0 aromatic heterocycles. The predicted octanol–water partition coefficient (Wildman–Crippen LogP) is 4.20. The molecule has 0 bridgehead atoms. The number of phenols is 2. The smallest absolute Gasteiger partial charge is 0.137 e. The summed E-state index contributed by atoms with van der Waals surface area (Å²) >= 11 is 11.4. The van der Waals surface area contributed by atoms with Crippen LogP contribution < -0.4 is 4.74 Å². The summed E-state index contributed by atoms with van der Waals surface area (Å²) in [5.41, 5.74) is 0. The minimum Gasteiger partial charge on any atom is -0.506 e. The standard InChI is InChI=1S/C12H8Cl2O3/c13-9-3-1-8(6-12(9)16)17-7-2-4-11(15)10(14)5-7/h1-6,15-16H. The molecule has 17 heavy (non-hydrogen) atoms. The van der Waals surface area contributed by atoms with Crippen molar-refractivity contribution in [1.29, 1.82) is 0 Å². The Morgan fingerprint density at radius 3 is 2.06 bits per heavy atom. The van der Waals surface area contributed by atoms with Crippen molar-refractivity contribution >= 4 is 23.2 Å². The minimum absolute atomic E-state index is 0.0158. The van der Waals surface area contributed by atoms with Crippen molar-refractivity contribution in [3.8, 4) is 23.0 Å². The lowest BCUT2D eigenvalue weighted by atomic mass is 10.3. The molecule has 0 atom stereocenters. The predicted molar refractivity (Wildman–Crippen MR) is 66.3 cm³/mol. The normalized spacial score (nSPS) is 10.2. The van der Waals surface area contributed by atoms with Crippen molar-refractivity contribution in [3.05, 3.63) is 46.4 Å². The molecule has 3 nitrogen and oxygen atoms in total. The summed E-state index contributed by atoms with van der Waals surface area (Å²) in [7, 11) is 0. The Morgan fingerprint density at radius 2 is 1.41 bits per heavy atom. The monoisotopic (exact) mass is 270 g/mol. The third-order valence-electron chi connectivity index (χ3n) is 2.07. The summed E-state index contributed by atoms with van der Waals surface area (Å²) < 4.78 is 5.44. The van der Waals surface area contributed by atoms with E-state index in [2.05, 4.69) is 0 Å². The molecule has 0 amide bonds. The fourth-order valence-electron chi connectivity index (χ4n) is 1.24. The van der Waals surface area contributed by atoms with E-state index in [1.54, 1.807) is 12.1 Å². The van der Waals surface area contributed by atoms with E-state index in [1.807, 2.05) is 0 Å². The number of phenolic OH excluding ortho intramolecular Hbond substituents is 2. The maximum absolute atomic E-state index is 9.40. The summed E-state index contributed by atoms with van der Waals surface area (Å²) in [6, 6.07) is 8.99. The van der Waals surface area contributed by atoms with Gasteiger partial charge in [0.05, 0.1) is 10.0 Å². The van der Waals surface area contributed by atoms with Gasteiger partial charge in [-0.2, -0.15) is 0 Å². The maximum Gasteiger partial charge on any atom is 0.137 e. The van der Waals surface area contributed by atoms with Gasteiger partial charge in [0, 0.05) is 12.1 Å². The SMILES string of the molecule is Oc1cc(Oc2ccc(O)c(Cl)c2)ccc1Cl. The number of benzene rings is 2. The van der Waals surface area contributed by atoms with E-state index in [0.29, 0.717) is 11.5 Å². The topological polar surface area (TPSA) is 49.7 Å². The lowest BCUT2D eigenvalue weighted by Crippen LogP contribution is -1.84. The van der Waals surface area contributed by atoms with Gasteiger partial charge in [-0.25, -0.2) is 0 Å². The zero-order valence-electron chi connectivity index (χ0n) is 8.52. The van der Waals surface area contributed by atoms with Gasteiger partial charge in [0.15, 0.2) is 0 Å². The van der Waals surface area contributed by atoms with E-state index in [1.165, 1.54) is 24.3 Å². The first-order valence-corrected chi connectivity index (χ1v) is 5.47. The molecule has 2 aromatic rings. The second-order valence-corrected chi connectivity index (χ2v) is 4.14. The highest BCUT2D eigenvalue weighted by Gasteiger charge is 2.04. The number of aromatic hydroxyl groups is 2. The molecule has 0 aliphatic heterocycles. The Hall–Kier alpha value is -1.58. The number of halogens is 2. The lowest BCUT2D eigenvalue weighted by Gasteiger charge is -2.07. The van der Waals surface area contributed by atoms with Crippen molar-refractivity contribution in [2.24, 2.45) is 0 Å². The van der Waals surface area contributed by atoms with Crippen molar-refractivity contribution in [2.75, 3.05) is 0 Å². The van der Waals surface area contributed by atoms with Crippen LogP contribution in [0.1, 0.15) is 0 Å². The van der Waals surface area contributed by atoms with Crippen LogP contribution in [0.15, 0.2) is 36.4 Å². The molecule has 2 aromatic carbocycles. The summed E-state index contributed by atoms with van der Waals surface area (Å²) in [5.74, 6) is 0.801. The fraction of sp³-hybridized carbons (Fsp3) is 0. The molecule has 0 aliphatic rings. The molecule has 0 fully saturated rings. The molecule has 0 saturated heterocycles. The quantitative estimate of drug-likeness (QED) is 0.860. The number of rotatable bonds is 2. The summed E-state index contributed by atoms with van der Waals surface area (Å²) in [6.45, 7) is 0. The van der Waals surface area contributed by atoms with Gasteiger partial charge < -0.3 is 14.9 Å². The van der Waals surface area contributed by atoms with Crippen molar-refractivity contribution in [3.63, 3.8) is 0 Å². The van der Waals surface area contributed by atoms with E-state index in [4.69, 9.17) is 27.9 Å². The van der Waals surface area contributed by atoms with E-state index in [9.17, 15) is 10.2 Å². The van der Waals surface area contributed by atoms with Crippen LogP contribution >= 0.6 is 23.2 Å². The van der Waals surface area contributed by atoms with E-state index in [-0.39, 0.29) is 21.5 Å². The van der Waals surface area contributed by atoms with E-state index < -0.39 is 0 Å². The zero-order chi connectivity index (χ0) is 12.4. The molecule has 5 heteroatoms. The van der Waals surface area contributed by atoms with Crippen molar-refractivity contribution in [2.45, 2.75) is 0 Å². The first-order valence-electron chi connectivity index (χ1n) is 4.71. The molecule has 0 saturated carbocycles. The molecule has 0 unspecified atom stereocenters. The lowest BCUT2D eigenvalue weighted by molar-refractivity contribution is 0.451. The molecule has 0 spiro atoms. The highest BCUT2D eigenvalue weighted by atomic mass is 35.5. The molecular formula is C12H8Cl2O3. The third kappa shape index (κ3) is 2.75. The first kappa shape index (κ1) is 11.9. The number of hydrogen-bond acceptors (Lipinski definition) is 3. The van der Waals surface area contributed by atoms with Gasteiger partial charge in [-0.1, -0.05) is 23.2 Å². The Morgan fingerprint density at radius 1 is 0.765 bits per heavy atom. The summed E-state index contributed by atoms with van der Waals surface area (Å²) in [4.78, 5) is 0. The fourth-order valence-corrected chi connectivity index (χ4v) is 1.53. The highest BCUT2D eigenvalue weighted by Crippen LogP contribution is 2.33. The Bertz CT molecular complexity index is 506. The largest absolute Gasteiger partial charge is 0.506 e. The van der Waals surface area contributed by atoms with Gasteiger partial charge in [0.2, 0.25) is 0 Å². The maximum atomic E-state index is 9.40. The Labute approximate surface area is 108 Å². The van der Waals surface area contributed by atoms with Crippen LogP contribution in [0.5, 0.6) is 23.0 Å². The molecule has 2 N–H and O–H groups in total. The van der Waals surface area contributed by atoms with Gasteiger partial charge in [0.1, 0.15) is 23.0 Å². The second-order valence-electron chi connectivity index (χ2n) is 3.33. The number of hydrogen-bond donors (Lipinski definition) is 2. The van der Waals surface area contributed by atoms with E-state index >= 15 is 0 Å². The summed E-state index contributed by atoms with van der Waals surface area (Å²) in [5, 5.41) is 19.1. The van der Waals surface area contributed by atoms with Gasteiger partial charge in [0.25, 0.3) is 0 Å². The molecule has 0 aliphatic carbocycles.